The number of rotatable bonds is 8. The Kier molecular flexibility index (Phi) is 6.06. The summed E-state index contributed by atoms with van der Waals surface area (Å²) in [5, 5.41) is 6.08. The lowest BCUT2D eigenvalue weighted by Gasteiger charge is -2.18. The quantitative estimate of drug-likeness (QED) is 0.584. The van der Waals surface area contributed by atoms with Crippen molar-refractivity contribution < 1.29 is 9.26 Å². The van der Waals surface area contributed by atoms with Gasteiger partial charge in [0.05, 0.1) is 12.0 Å². The molecule has 0 saturated carbocycles. The Morgan fingerprint density at radius 3 is 2.65 bits per heavy atom. The highest BCUT2D eigenvalue weighted by Gasteiger charge is 2.10. The summed E-state index contributed by atoms with van der Waals surface area (Å²) in [6.07, 6.45) is 1.78. The van der Waals surface area contributed by atoms with E-state index < -0.39 is 0 Å². The van der Waals surface area contributed by atoms with Crippen LogP contribution < -0.4 is 4.74 Å². The van der Waals surface area contributed by atoms with Gasteiger partial charge in [-0.1, -0.05) is 23.4 Å². The number of benzene rings is 1. The second kappa shape index (κ2) is 8.47. The number of nitrogens with zero attached hydrogens (tertiary/aromatic N) is 3. The molecule has 0 aliphatic rings. The van der Waals surface area contributed by atoms with Crippen LogP contribution >= 0.6 is 11.3 Å². The third-order valence-electron chi connectivity index (χ3n) is 4.32. The first kappa shape index (κ1) is 18.6. The summed E-state index contributed by atoms with van der Waals surface area (Å²) < 4.78 is 10.8. The lowest BCUT2D eigenvalue weighted by molar-refractivity contribution is 0.309. The molecule has 0 aliphatic heterocycles. The van der Waals surface area contributed by atoms with E-state index in [0.29, 0.717) is 11.7 Å². The van der Waals surface area contributed by atoms with Gasteiger partial charge in [0.1, 0.15) is 5.75 Å². The SMILES string of the molecule is COc1c(C)cc(CN(C)CCCc2nc(-c3cccs3)no2)cc1C. The molecule has 0 unspecified atom stereocenters. The summed E-state index contributed by atoms with van der Waals surface area (Å²) in [5.74, 6) is 2.37. The van der Waals surface area contributed by atoms with E-state index in [0.717, 1.165) is 36.6 Å². The first-order chi connectivity index (χ1) is 12.6. The van der Waals surface area contributed by atoms with E-state index >= 15 is 0 Å². The number of methoxy groups -OCH3 is 1. The van der Waals surface area contributed by atoms with Gasteiger partial charge in [0.2, 0.25) is 11.7 Å². The molecule has 26 heavy (non-hydrogen) atoms. The van der Waals surface area contributed by atoms with Crippen LogP contribution in [0.15, 0.2) is 34.2 Å². The number of aromatic nitrogens is 2. The van der Waals surface area contributed by atoms with Crippen LogP contribution in [0.4, 0.5) is 0 Å². The summed E-state index contributed by atoms with van der Waals surface area (Å²) in [6.45, 7) is 6.07. The summed E-state index contributed by atoms with van der Waals surface area (Å²) >= 11 is 1.62. The minimum atomic E-state index is 0.688. The van der Waals surface area contributed by atoms with Crippen molar-refractivity contribution in [2.45, 2.75) is 33.2 Å². The topological polar surface area (TPSA) is 51.4 Å². The van der Waals surface area contributed by atoms with Crippen LogP contribution in [0.3, 0.4) is 0 Å². The maximum Gasteiger partial charge on any atom is 0.227 e. The van der Waals surface area contributed by atoms with Crippen LogP contribution in [0.5, 0.6) is 5.75 Å². The summed E-state index contributed by atoms with van der Waals surface area (Å²) in [7, 11) is 3.86. The third kappa shape index (κ3) is 4.51. The Labute approximate surface area is 158 Å². The Morgan fingerprint density at radius 1 is 1.23 bits per heavy atom. The molecule has 0 atom stereocenters. The molecule has 138 valence electrons. The van der Waals surface area contributed by atoms with Gasteiger partial charge in [0.25, 0.3) is 0 Å². The molecule has 0 N–H and O–H groups in total. The molecule has 0 bridgehead atoms. The highest BCUT2D eigenvalue weighted by Crippen LogP contribution is 2.25. The molecule has 3 aromatic rings. The monoisotopic (exact) mass is 371 g/mol. The molecule has 0 saturated heterocycles. The molecule has 2 heterocycles. The third-order valence-corrected chi connectivity index (χ3v) is 5.18. The van der Waals surface area contributed by atoms with Gasteiger partial charge in [-0.3, -0.25) is 0 Å². The second-order valence-corrected chi connectivity index (χ2v) is 7.54. The number of aryl methyl sites for hydroxylation is 3. The molecule has 0 aliphatic carbocycles. The molecular formula is C20H25N3O2S. The molecule has 6 heteroatoms. The first-order valence-corrected chi connectivity index (χ1v) is 9.64. The zero-order valence-corrected chi connectivity index (χ0v) is 16.6. The van der Waals surface area contributed by atoms with Crippen LogP contribution in [0.1, 0.15) is 29.0 Å². The zero-order chi connectivity index (χ0) is 18.5. The lowest BCUT2D eigenvalue weighted by atomic mass is 10.1. The predicted octanol–water partition coefficient (Wildman–Crippen LogP) is 4.49. The Hall–Kier alpha value is -2.18. The van der Waals surface area contributed by atoms with Gasteiger partial charge in [-0.05, 0) is 62.0 Å². The van der Waals surface area contributed by atoms with Crippen molar-refractivity contribution in [1.82, 2.24) is 15.0 Å². The normalized spacial score (nSPS) is 11.3. The fourth-order valence-electron chi connectivity index (χ4n) is 3.21. The van der Waals surface area contributed by atoms with E-state index in [9.17, 15) is 0 Å². The molecule has 3 rings (SSSR count). The molecule has 1 aromatic carbocycles. The van der Waals surface area contributed by atoms with E-state index in [1.54, 1.807) is 18.4 Å². The van der Waals surface area contributed by atoms with Crippen molar-refractivity contribution in [2.24, 2.45) is 0 Å². The lowest BCUT2D eigenvalue weighted by Crippen LogP contribution is -2.19. The molecule has 0 radical (unpaired) electrons. The van der Waals surface area contributed by atoms with Crippen molar-refractivity contribution in [3.05, 3.63) is 52.2 Å². The number of hydrogen-bond acceptors (Lipinski definition) is 6. The fraction of sp³-hybridized carbons (Fsp3) is 0.400. The van der Waals surface area contributed by atoms with Crippen molar-refractivity contribution in [2.75, 3.05) is 20.7 Å². The van der Waals surface area contributed by atoms with Crippen molar-refractivity contribution in [1.29, 1.82) is 0 Å². The Morgan fingerprint density at radius 2 is 2.00 bits per heavy atom. The summed E-state index contributed by atoms with van der Waals surface area (Å²) in [6, 6.07) is 8.40. The number of thiophene rings is 1. The summed E-state index contributed by atoms with van der Waals surface area (Å²) in [5.41, 5.74) is 3.67. The van der Waals surface area contributed by atoms with Gasteiger partial charge in [-0.15, -0.1) is 11.3 Å². The Bertz CT molecular complexity index is 820. The minimum Gasteiger partial charge on any atom is -0.496 e. The minimum absolute atomic E-state index is 0.688. The number of hydrogen-bond donors (Lipinski definition) is 0. The Balaban J connectivity index is 1.49. The molecular weight excluding hydrogens is 346 g/mol. The van der Waals surface area contributed by atoms with Gasteiger partial charge in [-0.25, -0.2) is 0 Å². The van der Waals surface area contributed by atoms with Crippen molar-refractivity contribution in [3.8, 4) is 16.5 Å². The summed E-state index contributed by atoms with van der Waals surface area (Å²) in [4.78, 5) is 7.84. The van der Waals surface area contributed by atoms with Crippen LogP contribution in [0.2, 0.25) is 0 Å². The maximum absolute atomic E-state index is 5.44. The van der Waals surface area contributed by atoms with Crippen LogP contribution in [-0.4, -0.2) is 35.7 Å². The molecule has 5 nitrogen and oxygen atoms in total. The van der Waals surface area contributed by atoms with E-state index in [1.165, 1.54) is 16.7 Å². The first-order valence-electron chi connectivity index (χ1n) is 8.76. The van der Waals surface area contributed by atoms with Crippen molar-refractivity contribution >= 4 is 11.3 Å². The highest BCUT2D eigenvalue weighted by molar-refractivity contribution is 7.13. The van der Waals surface area contributed by atoms with E-state index in [1.807, 2.05) is 17.5 Å². The standard InChI is InChI=1S/C20H25N3O2S/c1-14-11-16(12-15(2)19(14)24-4)13-23(3)9-5-8-18-21-20(22-25-18)17-7-6-10-26-17/h6-7,10-12H,5,8-9,13H2,1-4H3. The average molecular weight is 372 g/mol. The molecule has 0 amide bonds. The van der Waals surface area contributed by atoms with Crippen molar-refractivity contribution in [3.63, 3.8) is 0 Å². The maximum atomic E-state index is 5.44. The van der Waals surface area contributed by atoms with Gasteiger partial charge >= 0.3 is 0 Å². The molecule has 2 aromatic heterocycles. The van der Waals surface area contributed by atoms with E-state index in [4.69, 9.17) is 9.26 Å². The zero-order valence-electron chi connectivity index (χ0n) is 15.8. The van der Waals surface area contributed by atoms with Crippen LogP contribution in [0, 0.1) is 13.8 Å². The predicted molar refractivity (Wildman–Crippen MR) is 105 cm³/mol. The van der Waals surface area contributed by atoms with E-state index in [-0.39, 0.29) is 0 Å². The van der Waals surface area contributed by atoms with E-state index in [2.05, 4.69) is 48.1 Å². The van der Waals surface area contributed by atoms with Crippen LogP contribution in [-0.2, 0) is 13.0 Å². The van der Waals surface area contributed by atoms with Gasteiger partial charge in [-0.2, -0.15) is 4.98 Å². The van der Waals surface area contributed by atoms with Gasteiger partial charge in [0, 0.05) is 13.0 Å². The fourth-order valence-corrected chi connectivity index (χ4v) is 3.86. The second-order valence-electron chi connectivity index (χ2n) is 6.59. The number of ether oxygens (including phenoxy) is 1. The average Bonchev–Trinajstić information content (AvgIpc) is 3.26. The van der Waals surface area contributed by atoms with Gasteiger partial charge < -0.3 is 14.2 Å². The highest BCUT2D eigenvalue weighted by atomic mass is 32.1. The molecule has 0 fully saturated rings. The molecule has 0 spiro atoms. The van der Waals surface area contributed by atoms with Gasteiger partial charge in [0.15, 0.2) is 0 Å². The smallest absolute Gasteiger partial charge is 0.227 e. The van der Waals surface area contributed by atoms with Crippen LogP contribution in [0.25, 0.3) is 10.7 Å². The largest absolute Gasteiger partial charge is 0.496 e.